The zero-order valence-electron chi connectivity index (χ0n) is 21.8. The number of hydrogen-bond acceptors (Lipinski definition) is 10. The van der Waals surface area contributed by atoms with Crippen molar-refractivity contribution >= 4 is 17.6 Å². The van der Waals surface area contributed by atoms with Crippen LogP contribution in [0.25, 0.3) is 16.9 Å². The number of fused-ring (bicyclic) bond motifs is 1. The van der Waals surface area contributed by atoms with Crippen LogP contribution in [0.4, 0.5) is 18.0 Å². The Kier molecular flexibility index (Phi) is 7.06. The van der Waals surface area contributed by atoms with Gasteiger partial charge in [-0.3, -0.25) is 9.20 Å². The van der Waals surface area contributed by atoms with Crippen LogP contribution in [0.1, 0.15) is 16.1 Å². The van der Waals surface area contributed by atoms with Crippen LogP contribution in [-0.4, -0.2) is 92.4 Å². The Balaban J connectivity index is 1.12. The molecule has 6 rings (SSSR count). The molecule has 4 aromatic rings. The van der Waals surface area contributed by atoms with Crippen molar-refractivity contribution in [1.29, 1.82) is 0 Å². The van der Waals surface area contributed by atoms with E-state index in [9.17, 15) is 27.9 Å². The Morgan fingerprint density at radius 1 is 1.10 bits per heavy atom. The number of alkyl halides is 3. The molecule has 220 valence electrons. The van der Waals surface area contributed by atoms with Crippen molar-refractivity contribution in [1.82, 2.24) is 29.3 Å². The van der Waals surface area contributed by atoms with E-state index >= 15 is 0 Å². The second kappa shape index (κ2) is 10.8. The van der Waals surface area contributed by atoms with Gasteiger partial charge in [0.15, 0.2) is 5.69 Å². The highest BCUT2D eigenvalue weighted by Crippen LogP contribution is 2.37. The monoisotopic (exact) mass is 588 g/mol. The first kappa shape index (κ1) is 27.3. The second-order valence-corrected chi connectivity index (χ2v) is 9.68. The summed E-state index contributed by atoms with van der Waals surface area (Å²) in [5, 5.41) is 13.7. The highest BCUT2D eigenvalue weighted by molar-refractivity contribution is 5.97. The van der Waals surface area contributed by atoms with E-state index in [4.69, 9.17) is 14.2 Å². The lowest BCUT2D eigenvalue weighted by Crippen LogP contribution is -2.51. The van der Waals surface area contributed by atoms with E-state index in [2.05, 4.69) is 19.6 Å². The van der Waals surface area contributed by atoms with E-state index in [0.717, 1.165) is 6.26 Å². The van der Waals surface area contributed by atoms with Gasteiger partial charge < -0.3 is 33.6 Å². The maximum absolute atomic E-state index is 13.3. The molecule has 16 heteroatoms. The third kappa shape index (κ3) is 5.27. The maximum atomic E-state index is 13.3. The van der Waals surface area contributed by atoms with Crippen LogP contribution in [0.15, 0.2) is 47.6 Å². The molecule has 0 spiro atoms. The van der Waals surface area contributed by atoms with E-state index in [1.165, 1.54) is 51.0 Å². The van der Waals surface area contributed by atoms with Gasteiger partial charge in [0.25, 0.3) is 11.8 Å². The molecular weight excluding hydrogens is 565 g/mol. The van der Waals surface area contributed by atoms with Gasteiger partial charge in [-0.1, -0.05) is 5.16 Å². The molecule has 0 saturated carbocycles. The SMILES string of the molecule is O=C(OCC1COC1)N1CCN(C(=O)c2ccc(Oc3nccn4c(-c5conc5C(F)(F)F)cnc34)cc2O)CC1. The Labute approximate surface area is 235 Å². The number of hydrogen-bond donors (Lipinski definition) is 1. The minimum Gasteiger partial charge on any atom is -0.507 e. The fraction of sp³-hybridized carbons (Fsp3) is 0.346. The number of nitrogens with zero attached hydrogens (tertiary/aromatic N) is 6. The highest BCUT2D eigenvalue weighted by Gasteiger charge is 2.39. The largest absolute Gasteiger partial charge is 0.507 e. The fourth-order valence-electron chi connectivity index (χ4n) is 4.58. The number of phenols is 1. The zero-order valence-corrected chi connectivity index (χ0v) is 21.8. The molecule has 0 radical (unpaired) electrons. The second-order valence-electron chi connectivity index (χ2n) is 9.68. The van der Waals surface area contributed by atoms with Gasteiger partial charge >= 0.3 is 12.3 Å². The number of rotatable bonds is 6. The number of benzene rings is 1. The predicted octanol–water partition coefficient (Wildman–Crippen LogP) is 3.44. The van der Waals surface area contributed by atoms with Gasteiger partial charge in [-0.25, -0.2) is 14.8 Å². The van der Waals surface area contributed by atoms with Gasteiger partial charge in [-0.2, -0.15) is 13.2 Å². The van der Waals surface area contributed by atoms with Gasteiger partial charge in [0, 0.05) is 50.6 Å². The Hall–Kier alpha value is -4.86. The number of phenolic OH excluding ortho intramolecular Hbond substituents is 1. The van der Waals surface area contributed by atoms with Crippen molar-refractivity contribution < 1.29 is 46.6 Å². The van der Waals surface area contributed by atoms with E-state index < -0.39 is 23.9 Å². The molecule has 5 heterocycles. The van der Waals surface area contributed by atoms with E-state index in [1.54, 1.807) is 0 Å². The van der Waals surface area contributed by atoms with Crippen molar-refractivity contribution in [3.05, 3.63) is 54.3 Å². The fourth-order valence-corrected chi connectivity index (χ4v) is 4.58. The van der Waals surface area contributed by atoms with Crippen LogP contribution in [-0.2, 0) is 15.7 Å². The Morgan fingerprint density at radius 2 is 1.86 bits per heavy atom. The number of imidazole rings is 1. The molecular formula is C26H23F3N6O7. The lowest BCUT2D eigenvalue weighted by atomic mass is 10.1. The van der Waals surface area contributed by atoms with Crippen LogP contribution < -0.4 is 4.74 Å². The average Bonchev–Trinajstić information content (AvgIpc) is 3.60. The first-order chi connectivity index (χ1) is 20.2. The summed E-state index contributed by atoms with van der Waals surface area (Å²) in [5.41, 5.74) is -1.33. The summed E-state index contributed by atoms with van der Waals surface area (Å²) in [4.78, 5) is 36.6. The normalized spacial score (nSPS) is 16.0. The van der Waals surface area contributed by atoms with Crippen LogP contribution >= 0.6 is 0 Å². The minimum atomic E-state index is -4.74. The average molecular weight is 588 g/mol. The Morgan fingerprint density at radius 3 is 2.55 bits per heavy atom. The molecule has 0 bridgehead atoms. The van der Waals surface area contributed by atoms with Crippen LogP contribution in [0.3, 0.4) is 0 Å². The van der Waals surface area contributed by atoms with Crippen molar-refractivity contribution in [2.75, 3.05) is 46.0 Å². The van der Waals surface area contributed by atoms with Crippen LogP contribution in [0.2, 0.25) is 0 Å². The highest BCUT2D eigenvalue weighted by atomic mass is 19.4. The van der Waals surface area contributed by atoms with Crippen molar-refractivity contribution in [3.63, 3.8) is 0 Å². The van der Waals surface area contributed by atoms with Gasteiger partial charge in [0.2, 0.25) is 5.65 Å². The number of aromatic nitrogens is 4. The van der Waals surface area contributed by atoms with E-state index in [0.29, 0.717) is 19.8 Å². The lowest BCUT2D eigenvalue weighted by Gasteiger charge is -2.35. The molecule has 1 N–H and O–H groups in total. The van der Waals surface area contributed by atoms with Crippen molar-refractivity contribution in [2.24, 2.45) is 5.92 Å². The molecule has 0 aliphatic carbocycles. The molecule has 2 aliphatic heterocycles. The Bertz CT molecular complexity index is 1630. The number of piperazine rings is 1. The van der Waals surface area contributed by atoms with Gasteiger partial charge in [-0.05, 0) is 12.1 Å². The summed E-state index contributed by atoms with van der Waals surface area (Å²) in [6.07, 6.45) is -0.385. The first-order valence-electron chi connectivity index (χ1n) is 12.8. The molecule has 2 aliphatic rings. The van der Waals surface area contributed by atoms with Crippen molar-refractivity contribution in [2.45, 2.75) is 6.18 Å². The van der Waals surface area contributed by atoms with Crippen LogP contribution in [0.5, 0.6) is 17.4 Å². The topological polar surface area (TPSA) is 145 Å². The number of ether oxygens (including phenoxy) is 3. The summed E-state index contributed by atoms with van der Waals surface area (Å²) >= 11 is 0. The number of carbonyl (C=O) groups excluding carboxylic acids is 2. The lowest BCUT2D eigenvalue weighted by molar-refractivity contribution is -0.142. The van der Waals surface area contributed by atoms with E-state index in [-0.39, 0.29) is 71.9 Å². The molecule has 0 unspecified atom stereocenters. The summed E-state index contributed by atoms with van der Waals surface area (Å²) in [6.45, 7) is 2.55. The molecule has 2 fully saturated rings. The predicted molar refractivity (Wildman–Crippen MR) is 135 cm³/mol. The van der Waals surface area contributed by atoms with Crippen molar-refractivity contribution in [3.8, 4) is 28.6 Å². The quantitative estimate of drug-likeness (QED) is 0.356. The standard InChI is InChI=1S/C26H23F3N6O7/c27-26(28,29)21-18(14-41-32-21)19-10-31-22-23(30-3-4-35(19)22)42-16-1-2-17(20(36)9-16)24(37)33-5-7-34(8-6-33)25(38)40-13-15-11-39-12-15/h1-4,9-10,14-15,36H,5-8,11-13H2. The molecule has 0 atom stereocenters. The molecule has 42 heavy (non-hydrogen) atoms. The summed E-state index contributed by atoms with van der Waals surface area (Å²) < 4.78 is 62.0. The number of carbonyl (C=O) groups is 2. The molecule has 3 aromatic heterocycles. The summed E-state index contributed by atoms with van der Waals surface area (Å²) in [6, 6.07) is 4.06. The molecule has 2 amide bonds. The first-order valence-corrected chi connectivity index (χ1v) is 12.8. The summed E-state index contributed by atoms with van der Waals surface area (Å²) in [7, 11) is 0. The zero-order chi connectivity index (χ0) is 29.4. The van der Waals surface area contributed by atoms with E-state index in [1.807, 2.05) is 0 Å². The number of halogens is 3. The van der Waals surface area contributed by atoms with Gasteiger partial charge in [0.1, 0.15) is 24.4 Å². The maximum Gasteiger partial charge on any atom is 0.437 e. The number of amides is 2. The van der Waals surface area contributed by atoms with Gasteiger partial charge in [-0.15, -0.1) is 0 Å². The van der Waals surface area contributed by atoms with Crippen LogP contribution in [0, 0.1) is 5.92 Å². The third-order valence-electron chi connectivity index (χ3n) is 6.90. The summed E-state index contributed by atoms with van der Waals surface area (Å²) in [5.74, 6) is -0.498. The number of aromatic hydroxyl groups is 1. The minimum absolute atomic E-state index is 0.0322. The third-order valence-corrected chi connectivity index (χ3v) is 6.90. The molecule has 1 aromatic carbocycles. The smallest absolute Gasteiger partial charge is 0.437 e. The van der Waals surface area contributed by atoms with Gasteiger partial charge in [0.05, 0.1) is 36.2 Å². The molecule has 2 saturated heterocycles. The molecule has 13 nitrogen and oxygen atoms in total.